The number of anilines is 1. The molecule has 1 aliphatic heterocycles. The third-order valence-corrected chi connectivity index (χ3v) is 5.96. The second-order valence-corrected chi connectivity index (χ2v) is 8.63. The van der Waals surface area contributed by atoms with Crippen LogP contribution in [-0.2, 0) is 6.42 Å². The first kappa shape index (κ1) is 22.7. The van der Waals surface area contributed by atoms with Crippen LogP contribution in [0.15, 0.2) is 60.8 Å². The molecule has 1 fully saturated rings. The first-order valence-electron chi connectivity index (χ1n) is 10.9. The van der Waals surface area contributed by atoms with Crippen LogP contribution in [0.1, 0.15) is 50.2 Å². The standard InChI is InChI=1S/C26H25ClN4O2/c1-17-4-5-20(22(14-17)26(33)30-24-11-10-21(27)16-29-24)15-23(32)18-6-8-19(9-7-18)25(28)31-12-2-3-13-31/h4-11,14,16,28H,2-3,12-13,15H2,1H3,(H,29,30,33). The fourth-order valence-electron chi connectivity index (χ4n) is 3.90. The normalized spacial score (nSPS) is 13.1. The molecule has 2 N–H and O–H groups in total. The summed E-state index contributed by atoms with van der Waals surface area (Å²) in [5.74, 6) is 0.474. The van der Waals surface area contributed by atoms with Crippen molar-refractivity contribution in [2.24, 2.45) is 0 Å². The van der Waals surface area contributed by atoms with Gasteiger partial charge in [-0.2, -0.15) is 0 Å². The Balaban J connectivity index is 1.49. The number of hydrogen-bond donors (Lipinski definition) is 2. The van der Waals surface area contributed by atoms with E-state index >= 15 is 0 Å². The van der Waals surface area contributed by atoms with Crippen LogP contribution in [0.5, 0.6) is 0 Å². The summed E-state index contributed by atoms with van der Waals surface area (Å²) >= 11 is 5.86. The van der Waals surface area contributed by atoms with Crippen molar-refractivity contribution in [1.82, 2.24) is 9.88 Å². The number of amidine groups is 1. The van der Waals surface area contributed by atoms with Crippen molar-refractivity contribution >= 4 is 34.9 Å². The molecule has 4 rings (SSSR count). The number of amides is 1. The SMILES string of the molecule is Cc1ccc(CC(=O)c2ccc(C(=N)N3CCCC3)cc2)c(C(=O)Nc2ccc(Cl)cn2)c1. The number of aromatic nitrogens is 1. The first-order valence-corrected chi connectivity index (χ1v) is 11.3. The number of ketones is 1. The van der Waals surface area contributed by atoms with Gasteiger partial charge in [0.2, 0.25) is 0 Å². The molecule has 0 saturated carbocycles. The smallest absolute Gasteiger partial charge is 0.257 e. The van der Waals surface area contributed by atoms with E-state index < -0.39 is 0 Å². The van der Waals surface area contributed by atoms with Gasteiger partial charge in [-0.3, -0.25) is 15.0 Å². The van der Waals surface area contributed by atoms with Gasteiger partial charge in [-0.1, -0.05) is 53.6 Å². The van der Waals surface area contributed by atoms with Gasteiger partial charge in [-0.25, -0.2) is 4.98 Å². The number of carbonyl (C=O) groups is 2. The second-order valence-electron chi connectivity index (χ2n) is 8.20. The molecule has 0 unspecified atom stereocenters. The van der Waals surface area contributed by atoms with E-state index in [1.54, 1.807) is 30.3 Å². The fourth-order valence-corrected chi connectivity index (χ4v) is 4.01. The monoisotopic (exact) mass is 460 g/mol. The summed E-state index contributed by atoms with van der Waals surface area (Å²) in [6, 6.07) is 15.9. The molecule has 6 nitrogen and oxygen atoms in total. The maximum atomic E-state index is 13.0. The van der Waals surface area contributed by atoms with Gasteiger partial charge < -0.3 is 10.2 Å². The van der Waals surface area contributed by atoms with Crippen LogP contribution in [0.3, 0.4) is 0 Å². The Bertz CT molecular complexity index is 1180. The largest absolute Gasteiger partial charge is 0.357 e. The zero-order chi connectivity index (χ0) is 23.4. The van der Waals surface area contributed by atoms with Crippen molar-refractivity contribution in [3.63, 3.8) is 0 Å². The number of carbonyl (C=O) groups excluding carboxylic acids is 2. The highest BCUT2D eigenvalue weighted by Gasteiger charge is 2.18. The first-order chi connectivity index (χ1) is 15.9. The predicted octanol–water partition coefficient (Wildman–Crippen LogP) is 5.14. The van der Waals surface area contributed by atoms with Crippen molar-refractivity contribution < 1.29 is 9.59 Å². The lowest BCUT2D eigenvalue weighted by Crippen LogP contribution is -2.27. The number of likely N-dealkylation sites (tertiary alicyclic amines) is 1. The molecule has 0 spiro atoms. The highest BCUT2D eigenvalue weighted by molar-refractivity contribution is 6.30. The number of halogens is 1. The molecule has 7 heteroatoms. The molecule has 0 radical (unpaired) electrons. The lowest BCUT2D eigenvalue weighted by molar-refractivity contribution is 0.0992. The average molecular weight is 461 g/mol. The van der Waals surface area contributed by atoms with Gasteiger partial charge in [0.05, 0.1) is 5.02 Å². The van der Waals surface area contributed by atoms with E-state index in [-0.39, 0.29) is 18.1 Å². The molecule has 0 aliphatic carbocycles. The number of aryl methyl sites for hydroxylation is 1. The van der Waals surface area contributed by atoms with Gasteiger partial charge in [0, 0.05) is 42.4 Å². The van der Waals surface area contributed by atoms with Crippen molar-refractivity contribution in [2.75, 3.05) is 18.4 Å². The van der Waals surface area contributed by atoms with Crippen LogP contribution in [-0.4, -0.2) is 40.5 Å². The summed E-state index contributed by atoms with van der Waals surface area (Å²) < 4.78 is 0. The van der Waals surface area contributed by atoms with E-state index in [4.69, 9.17) is 17.0 Å². The summed E-state index contributed by atoms with van der Waals surface area (Å²) in [5, 5.41) is 11.6. The van der Waals surface area contributed by atoms with E-state index in [9.17, 15) is 9.59 Å². The zero-order valence-corrected chi connectivity index (χ0v) is 19.2. The Morgan fingerprint density at radius 1 is 1.03 bits per heavy atom. The van der Waals surface area contributed by atoms with Crippen molar-refractivity contribution in [3.05, 3.63) is 93.6 Å². The molecule has 2 heterocycles. The topological polar surface area (TPSA) is 86.2 Å². The average Bonchev–Trinajstić information content (AvgIpc) is 3.36. The van der Waals surface area contributed by atoms with E-state index in [2.05, 4.69) is 15.2 Å². The van der Waals surface area contributed by atoms with Crippen molar-refractivity contribution in [3.8, 4) is 0 Å². The Labute approximate surface area is 198 Å². The maximum absolute atomic E-state index is 13.0. The molecule has 2 aromatic carbocycles. The molecule has 168 valence electrons. The second kappa shape index (κ2) is 9.96. The molecule has 1 aromatic heterocycles. The quantitative estimate of drug-likeness (QED) is 0.303. The van der Waals surface area contributed by atoms with E-state index in [0.717, 1.165) is 37.1 Å². The Morgan fingerprint density at radius 2 is 1.73 bits per heavy atom. The number of nitrogens with one attached hydrogen (secondary N) is 2. The summed E-state index contributed by atoms with van der Waals surface area (Å²) in [5.41, 5.74) is 3.36. The summed E-state index contributed by atoms with van der Waals surface area (Å²) in [7, 11) is 0. The molecular weight excluding hydrogens is 436 g/mol. The van der Waals surface area contributed by atoms with Crippen LogP contribution in [0.25, 0.3) is 0 Å². The molecule has 1 aliphatic rings. The van der Waals surface area contributed by atoms with Crippen LogP contribution < -0.4 is 5.32 Å². The number of pyridine rings is 1. The molecule has 0 bridgehead atoms. The summed E-state index contributed by atoms with van der Waals surface area (Å²) in [4.78, 5) is 32.1. The third kappa shape index (κ3) is 5.46. The number of benzene rings is 2. The molecule has 3 aromatic rings. The molecule has 33 heavy (non-hydrogen) atoms. The van der Waals surface area contributed by atoms with Crippen LogP contribution >= 0.6 is 11.6 Å². The molecular formula is C26H25ClN4O2. The molecule has 0 atom stereocenters. The maximum Gasteiger partial charge on any atom is 0.257 e. The van der Waals surface area contributed by atoms with Gasteiger partial charge in [0.25, 0.3) is 5.91 Å². The number of nitrogens with zero attached hydrogens (tertiary/aromatic N) is 2. The Hall–Kier alpha value is -3.51. The van der Waals surface area contributed by atoms with Gasteiger partial charge in [0.1, 0.15) is 11.7 Å². The van der Waals surface area contributed by atoms with Gasteiger partial charge in [0.15, 0.2) is 5.78 Å². The summed E-state index contributed by atoms with van der Waals surface area (Å²) in [6.45, 7) is 3.71. The van der Waals surface area contributed by atoms with Crippen molar-refractivity contribution in [2.45, 2.75) is 26.2 Å². The van der Waals surface area contributed by atoms with E-state index in [0.29, 0.717) is 33.4 Å². The van der Waals surface area contributed by atoms with Crippen molar-refractivity contribution in [1.29, 1.82) is 5.41 Å². The van der Waals surface area contributed by atoms with Crippen LogP contribution in [0.2, 0.25) is 5.02 Å². The molecule has 1 amide bonds. The Morgan fingerprint density at radius 3 is 2.39 bits per heavy atom. The lowest BCUT2D eigenvalue weighted by Gasteiger charge is -2.18. The minimum absolute atomic E-state index is 0.0863. The third-order valence-electron chi connectivity index (χ3n) is 5.73. The van der Waals surface area contributed by atoms with E-state index in [1.807, 2.05) is 31.2 Å². The minimum Gasteiger partial charge on any atom is -0.357 e. The van der Waals surface area contributed by atoms with Gasteiger partial charge in [-0.15, -0.1) is 0 Å². The van der Waals surface area contributed by atoms with Crippen LogP contribution in [0, 0.1) is 12.3 Å². The highest BCUT2D eigenvalue weighted by Crippen LogP contribution is 2.19. The number of hydrogen-bond acceptors (Lipinski definition) is 4. The molecule has 1 saturated heterocycles. The predicted molar refractivity (Wildman–Crippen MR) is 130 cm³/mol. The highest BCUT2D eigenvalue weighted by atomic mass is 35.5. The Kier molecular flexibility index (Phi) is 6.84. The number of rotatable bonds is 6. The fraction of sp³-hybridized carbons (Fsp3) is 0.231. The zero-order valence-electron chi connectivity index (χ0n) is 18.4. The minimum atomic E-state index is -0.328. The van der Waals surface area contributed by atoms with Gasteiger partial charge in [-0.05, 0) is 43.5 Å². The van der Waals surface area contributed by atoms with Crippen LogP contribution in [0.4, 0.5) is 5.82 Å². The van der Waals surface area contributed by atoms with E-state index in [1.165, 1.54) is 6.20 Å². The summed E-state index contributed by atoms with van der Waals surface area (Å²) in [6.07, 6.45) is 3.78. The van der Waals surface area contributed by atoms with Gasteiger partial charge >= 0.3 is 0 Å². The lowest BCUT2D eigenvalue weighted by atomic mass is 9.96. The number of Topliss-reactive ketones (excluding diaryl/α,β-unsaturated/α-hetero) is 1.